The van der Waals surface area contributed by atoms with Crippen LogP contribution >= 0.6 is 0 Å². The third kappa shape index (κ3) is 1.98. The summed E-state index contributed by atoms with van der Waals surface area (Å²) >= 11 is 0. The van der Waals surface area contributed by atoms with Crippen LogP contribution in [0.25, 0.3) is 11.0 Å². The van der Waals surface area contributed by atoms with Gasteiger partial charge in [0, 0.05) is 17.5 Å². The fourth-order valence-corrected chi connectivity index (χ4v) is 1.35. The third-order valence-corrected chi connectivity index (χ3v) is 2.04. The highest BCUT2D eigenvalue weighted by Crippen LogP contribution is 2.30. The van der Waals surface area contributed by atoms with E-state index in [1.54, 1.807) is 0 Å². The molecule has 1 aromatic heterocycles. The van der Waals surface area contributed by atoms with Crippen molar-refractivity contribution in [3.05, 3.63) is 34.7 Å². The lowest BCUT2D eigenvalue weighted by molar-refractivity contribution is 0.262. The molecule has 0 unspecified atom stereocenters. The fourth-order valence-electron chi connectivity index (χ4n) is 1.35. The Hall–Kier alpha value is -2.04. The Bertz CT molecular complexity index is 561. The summed E-state index contributed by atoms with van der Waals surface area (Å²) in [5, 5.41) is 10.1. The van der Waals surface area contributed by atoms with Crippen LogP contribution in [-0.2, 0) is 0 Å². The SMILES string of the molecule is O=c1ccc2cc(O)c(OCCF)cc2o1. The number of ether oxygens (including phenoxy) is 1. The average molecular weight is 224 g/mol. The molecule has 2 aromatic rings. The van der Waals surface area contributed by atoms with Gasteiger partial charge in [-0.3, -0.25) is 0 Å². The normalized spacial score (nSPS) is 10.6. The first-order valence-electron chi connectivity index (χ1n) is 4.66. The van der Waals surface area contributed by atoms with Crippen LogP contribution in [0.5, 0.6) is 11.5 Å². The lowest BCUT2D eigenvalue weighted by Gasteiger charge is -2.06. The molecule has 1 heterocycles. The average Bonchev–Trinajstić information content (AvgIpc) is 2.27. The fraction of sp³-hybridized carbons (Fsp3) is 0.182. The number of phenols is 1. The highest BCUT2D eigenvalue weighted by Gasteiger charge is 2.06. The predicted molar refractivity (Wildman–Crippen MR) is 55.6 cm³/mol. The van der Waals surface area contributed by atoms with Crippen molar-refractivity contribution < 1.29 is 18.7 Å². The summed E-state index contributed by atoms with van der Waals surface area (Å²) in [7, 11) is 0. The number of phenolic OH excluding ortho intramolecular Hbond substituents is 1. The van der Waals surface area contributed by atoms with E-state index in [0.717, 1.165) is 0 Å². The molecule has 5 heteroatoms. The second-order valence-corrected chi connectivity index (χ2v) is 3.15. The molecule has 0 aliphatic carbocycles. The minimum atomic E-state index is -0.657. The van der Waals surface area contributed by atoms with Crippen LogP contribution in [0, 0.1) is 0 Å². The Balaban J connectivity index is 2.51. The van der Waals surface area contributed by atoms with E-state index in [9.17, 15) is 14.3 Å². The first-order chi connectivity index (χ1) is 7.70. The second-order valence-electron chi connectivity index (χ2n) is 3.15. The van der Waals surface area contributed by atoms with Crippen molar-refractivity contribution in [3.63, 3.8) is 0 Å². The van der Waals surface area contributed by atoms with E-state index in [0.29, 0.717) is 11.0 Å². The molecule has 0 aliphatic rings. The molecule has 0 amide bonds. The van der Waals surface area contributed by atoms with E-state index in [-0.39, 0.29) is 18.1 Å². The molecule has 4 nitrogen and oxygen atoms in total. The van der Waals surface area contributed by atoms with Crippen molar-refractivity contribution in [1.29, 1.82) is 0 Å². The quantitative estimate of drug-likeness (QED) is 0.808. The molecule has 2 rings (SSSR count). The number of aromatic hydroxyl groups is 1. The minimum absolute atomic E-state index is 0.0968. The maximum absolute atomic E-state index is 11.9. The molecule has 0 bridgehead atoms. The number of hydrogen-bond acceptors (Lipinski definition) is 4. The summed E-state index contributed by atoms with van der Waals surface area (Å²) in [5.74, 6) is -0.0192. The lowest BCUT2D eigenvalue weighted by atomic mass is 10.2. The molecule has 1 N–H and O–H groups in total. The van der Waals surface area contributed by atoms with Gasteiger partial charge in [-0.2, -0.15) is 0 Å². The van der Waals surface area contributed by atoms with Gasteiger partial charge >= 0.3 is 5.63 Å². The van der Waals surface area contributed by atoms with Crippen molar-refractivity contribution in [2.75, 3.05) is 13.3 Å². The zero-order chi connectivity index (χ0) is 11.5. The maximum atomic E-state index is 11.9. The van der Waals surface area contributed by atoms with E-state index < -0.39 is 12.3 Å². The molecule has 16 heavy (non-hydrogen) atoms. The number of alkyl halides is 1. The maximum Gasteiger partial charge on any atom is 0.336 e. The van der Waals surface area contributed by atoms with E-state index in [4.69, 9.17) is 9.15 Å². The van der Waals surface area contributed by atoms with Crippen LogP contribution < -0.4 is 10.4 Å². The summed E-state index contributed by atoms with van der Waals surface area (Å²) in [6.07, 6.45) is 0. The summed E-state index contributed by atoms with van der Waals surface area (Å²) in [4.78, 5) is 11.0. The van der Waals surface area contributed by atoms with Crippen molar-refractivity contribution in [3.8, 4) is 11.5 Å². The van der Waals surface area contributed by atoms with Crippen molar-refractivity contribution >= 4 is 11.0 Å². The largest absolute Gasteiger partial charge is 0.504 e. The van der Waals surface area contributed by atoms with Gasteiger partial charge < -0.3 is 14.3 Å². The van der Waals surface area contributed by atoms with Crippen LogP contribution in [0.4, 0.5) is 4.39 Å². The summed E-state index contributed by atoms with van der Waals surface area (Å²) in [6.45, 7) is -0.813. The van der Waals surface area contributed by atoms with Crippen LogP contribution in [0.15, 0.2) is 33.5 Å². The molecule has 1 aromatic carbocycles. The molecule has 84 valence electrons. The predicted octanol–water partition coefficient (Wildman–Crippen LogP) is 1.85. The van der Waals surface area contributed by atoms with Gasteiger partial charge in [0.25, 0.3) is 0 Å². The van der Waals surface area contributed by atoms with Crippen molar-refractivity contribution in [2.45, 2.75) is 0 Å². The molecule has 0 saturated heterocycles. The molecule has 0 spiro atoms. The van der Waals surface area contributed by atoms with E-state index in [1.807, 2.05) is 0 Å². The van der Waals surface area contributed by atoms with Crippen molar-refractivity contribution in [2.24, 2.45) is 0 Å². The molecule has 0 fully saturated rings. The molecule has 0 aliphatic heterocycles. The minimum Gasteiger partial charge on any atom is -0.504 e. The number of hydrogen-bond donors (Lipinski definition) is 1. The topological polar surface area (TPSA) is 59.7 Å². The molecule has 0 saturated carbocycles. The van der Waals surface area contributed by atoms with Gasteiger partial charge in [0.1, 0.15) is 18.9 Å². The Morgan fingerprint density at radius 3 is 2.94 bits per heavy atom. The lowest BCUT2D eigenvalue weighted by Crippen LogP contribution is -1.99. The molecular formula is C11H9FO4. The van der Waals surface area contributed by atoms with Crippen LogP contribution in [0.1, 0.15) is 0 Å². The number of rotatable bonds is 3. The van der Waals surface area contributed by atoms with Crippen LogP contribution in [0.3, 0.4) is 0 Å². The summed E-state index contributed by atoms with van der Waals surface area (Å²) in [5.41, 5.74) is -0.200. The van der Waals surface area contributed by atoms with Gasteiger partial charge in [-0.15, -0.1) is 0 Å². The van der Waals surface area contributed by atoms with Gasteiger partial charge in [-0.05, 0) is 12.1 Å². The third-order valence-electron chi connectivity index (χ3n) is 2.04. The zero-order valence-corrected chi connectivity index (χ0v) is 8.27. The first kappa shape index (κ1) is 10.5. The number of halogens is 1. The van der Waals surface area contributed by atoms with Gasteiger partial charge in [-0.25, -0.2) is 9.18 Å². The van der Waals surface area contributed by atoms with E-state index in [1.165, 1.54) is 24.3 Å². The van der Waals surface area contributed by atoms with Crippen LogP contribution in [-0.4, -0.2) is 18.4 Å². The zero-order valence-electron chi connectivity index (χ0n) is 8.27. The van der Waals surface area contributed by atoms with Gasteiger partial charge in [0.05, 0.1) is 0 Å². The molecule has 0 atom stereocenters. The monoisotopic (exact) mass is 224 g/mol. The number of fused-ring (bicyclic) bond motifs is 1. The Kier molecular flexibility index (Phi) is 2.76. The van der Waals surface area contributed by atoms with Crippen LogP contribution in [0.2, 0.25) is 0 Å². The van der Waals surface area contributed by atoms with E-state index >= 15 is 0 Å². The van der Waals surface area contributed by atoms with Gasteiger partial charge in [-0.1, -0.05) is 0 Å². The van der Waals surface area contributed by atoms with Gasteiger partial charge in [0.2, 0.25) is 0 Å². The Morgan fingerprint density at radius 1 is 1.38 bits per heavy atom. The standard InChI is InChI=1S/C11H9FO4/c12-3-4-15-10-6-9-7(5-8(10)13)1-2-11(14)16-9/h1-2,5-6,13H,3-4H2. The summed E-state index contributed by atoms with van der Waals surface area (Å²) in [6, 6.07) is 5.54. The highest BCUT2D eigenvalue weighted by molar-refractivity contribution is 5.80. The summed E-state index contributed by atoms with van der Waals surface area (Å²) < 4.78 is 21.8. The molecular weight excluding hydrogens is 215 g/mol. The second kappa shape index (κ2) is 4.22. The number of benzene rings is 1. The Labute approximate surface area is 89.9 Å². The van der Waals surface area contributed by atoms with E-state index in [2.05, 4.69) is 0 Å². The molecule has 0 radical (unpaired) electrons. The Morgan fingerprint density at radius 2 is 2.19 bits per heavy atom. The smallest absolute Gasteiger partial charge is 0.336 e. The highest BCUT2D eigenvalue weighted by atomic mass is 19.1. The first-order valence-corrected chi connectivity index (χ1v) is 4.66. The van der Waals surface area contributed by atoms with Crippen molar-refractivity contribution in [1.82, 2.24) is 0 Å². The van der Waals surface area contributed by atoms with Gasteiger partial charge in [0.15, 0.2) is 11.5 Å².